The fourth-order valence-electron chi connectivity index (χ4n) is 1.85. The molecule has 1 aliphatic rings. The van der Waals surface area contributed by atoms with Crippen LogP contribution in [0.15, 0.2) is 30.3 Å². The molecule has 1 saturated carbocycles. The number of benzene rings is 1. The van der Waals surface area contributed by atoms with Crippen molar-refractivity contribution < 1.29 is 9.90 Å². The van der Waals surface area contributed by atoms with Gasteiger partial charge in [0.2, 0.25) is 0 Å². The highest BCUT2D eigenvalue weighted by molar-refractivity contribution is 5.95. The van der Waals surface area contributed by atoms with Crippen molar-refractivity contribution in [1.29, 1.82) is 0 Å². The summed E-state index contributed by atoms with van der Waals surface area (Å²) in [6.45, 7) is -0.0597. The van der Waals surface area contributed by atoms with Gasteiger partial charge in [-0.2, -0.15) is 0 Å². The highest BCUT2D eigenvalue weighted by Crippen LogP contribution is 2.39. The first kappa shape index (κ1) is 8.45. The average Bonchev–Trinajstić information content (AvgIpc) is 2.19. The molecule has 1 aliphatic carbocycles. The third-order valence-corrected chi connectivity index (χ3v) is 2.91. The molecule has 0 saturated heterocycles. The van der Waals surface area contributed by atoms with Gasteiger partial charge in [0, 0.05) is 6.42 Å². The lowest BCUT2D eigenvalue weighted by molar-refractivity contribution is -0.134. The van der Waals surface area contributed by atoms with Crippen LogP contribution in [-0.4, -0.2) is 17.5 Å². The quantitative estimate of drug-likeness (QED) is 0.737. The SMILES string of the molecule is O=C1CCC1(CO)c1ccccc1. The Morgan fingerprint density at radius 2 is 2.00 bits per heavy atom. The van der Waals surface area contributed by atoms with E-state index in [9.17, 15) is 9.90 Å². The molecule has 1 N–H and O–H groups in total. The molecule has 0 heterocycles. The number of Topliss-reactive ketones (excluding diaryl/α,β-unsaturated/α-hetero) is 1. The van der Waals surface area contributed by atoms with Crippen molar-refractivity contribution in [2.24, 2.45) is 0 Å². The molecule has 1 aromatic rings. The Labute approximate surface area is 77.2 Å². The highest BCUT2D eigenvalue weighted by Gasteiger charge is 2.46. The average molecular weight is 176 g/mol. The first-order chi connectivity index (χ1) is 6.29. The second-order valence-corrected chi connectivity index (χ2v) is 3.53. The minimum atomic E-state index is -0.568. The molecule has 1 unspecified atom stereocenters. The van der Waals surface area contributed by atoms with Crippen LogP contribution in [0.3, 0.4) is 0 Å². The predicted molar refractivity (Wildman–Crippen MR) is 49.4 cm³/mol. The zero-order valence-electron chi connectivity index (χ0n) is 7.36. The highest BCUT2D eigenvalue weighted by atomic mass is 16.3. The Hall–Kier alpha value is -1.15. The van der Waals surface area contributed by atoms with E-state index in [1.54, 1.807) is 0 Å². The van der Waals surface area contributed by atoms with Gasteiger partial charge in [-0.15, -0.1) is 0 Å². The van der Waals surface area contributed by atoms with E-state index in [4.69, 9.17) is 0 Å². The van der Waals surface area contributed by atoms with E-state index in [0.29, 0.717) is 6.42 Å². The van der Waals surface area contributed by atoms with E-state index >= 15 is 0 Å². The first-order valence-corrected chi connectivity index (χ1v) is 4.49. The summed E-state index contributed by atoms with van der Waals surface area (Å²) in [5.41, 5.74) is 0.384. The van der Waals surface area contributed by atoms with Crippen LogP contribution < -0.4 is 0 Å². The first-order valence-electron chi connectivity index (χ1n) is 4.49. The number of aliphatic hydroxyl groups is 1. The van der Waals surface area contributed by atoms with E-state index in [2.05, 4.69) is 0 Å². The van der Waals surface area contributed by atoms with Gasteiger partial charge in [-0.25, -0.2) is 0 Å². The van der Waals surface area contributed by atoms with Gasteiger partial charge in [-0.05, 0) is 12.0 Å². The predicted octanol–water partition coefficient (Wildman–Crippen LogP) is 1.28. The molecule has 1 atom stereocenters. The Balaban J connectivity index is 2.38. The number of hydrogen-bond acceptors (Lipinski definition) is 2. The van der Waals surface area contributed by atoms with Crippen LogP contribution in [0.25, 0.3) is 0 Å². The Kier molecular flexibility index (Phi) is 1.93. The van der Waals surface area contributed by atoms with Crippen LogP contribution in [0.4, 0.5) is 0 Å². The fraction of sp³-hybridized carbons (Fsp3) is 0.364. The normalized spacial score (nSPS) is 27.0. The number of carbonyl (C=O) groups excluding carboxylic acids is 1. The van der Waals surface area contributed by atoms with Crippen LogP contribution in [0.1, 0.15) is 18.4 Å². The molecular weight excluding hydrogens is 164 g/mol. The minimum absolute atomic E-state index is 0.0597. The van der Waals surface area contributed by atoms with E-state index in [1.165, 1.54) is 0 Å². The molecule has 1 aromatic carbocycles. The molecule has 0 amide bonds. The maximum atomic E-state index is 11.4. The maximum absolute atomic E-state index is 11.4. The lowest BCUT2D eigenvalue weighted by atomic mass is 9.64. The van der Waals surface area contributed by atoms with Crippen LogP contribution in [0.2, 0.25) is 0 Å². The van der Waals surface area contributed by atoms with Crippen molar-refractivity contribution in [3.8, 4) is 0 Å². The zero-order valence-corrected chi connectivity index (χ0v) is 7.36. The summed E-state index contributed by atoms with van der Waals surface area (Å²) >= 11 is 0. The van der Waals surface area contributed by atoms with Crippen molar-refractivity contribution in [3.63, 3.8) is 0 Å². The molecule has 0 spiro atoms. The second kappa shape index (κ2) is 2.96. The van der Waals surface area contributed by atoms with Crippen molar-refractivity contribution in [1.82, 2.24) is 0 Å². The number of aliphatic hydroxyl groups excluding tert-OH is 1. The van der Waals surface area contributed by atoms with Crippen LogP contribution in [-0.2, 0) is 10.2 Å². The third kappa shape index (κ3) is 1.10. The molecule has 68 valence electrons. The Morgan fingerprint density at radius 1 is 1.31 bits per heavy atom. The second-order valence-electron chi connectivity index (χ2n) is 3.53. The smallest absolute Gasteiger partial charge is 0.145 e. The van der Waals surface area contributed by atoms with Crippen molar-refractivity contribution in [3.05, 3.63) is 35.9 Å². The molecule has 0 radical (unpaired) electrons. The Bertz CT molecular complexity index is 314. The summed E-state index contributed by atoms with van der Waals surface area (Å²) in [5.74, 6) is 0.168. The topological polar surface area (TPSA) is 37.3 Å². The molecule has 13 heavy (non-hydrogen) atoms. The van der Waals surface area contributed by atoms with Crippen molar-refractivity contribution in [2.75, 3.05) is 6.61 Å². The molecular formula is C11H12O2. The molecule has 1 fully saturated rings. The summed E-state index contributed by atoms with van der Waals surface area (Å²) in [6.07, 6.45) is 1.39. The van der Waals surface area contributed by atoms with Gasteiger partial charge < -0.3 is 5.11 Å². The third-order valence-electron chi connectivity index (χ3n) is 2.91. The van der Waals surface area contributed by atoms with Gasteiger partial charge in [0.15, 0.2) is 0 Å². The fourth-order valence-corrected chi connectivity index (χ4v) is 1.85. The summed E-state index contributed by atoms with van der Waals surface area (Å²) in [6, 6.07) is 9.54. The van der Waals surface area contributed by atoms with Crippen LogP contribution in [0, 0.1) is 0 Å². The molecule has 2 nitrogen and oxygen atoms in total. The van der Waals surface area contributed by atoms with Gasteiger partial charge in [0.25, 0.3) is 0 Å². The molecule has 2 heteroatoms. The Morgan fingerprint density at radius 3 is 2.38 bits per heavy atom. The number of rotatable bonds is 2. The van der Waals surface area contributed by atoms with Gasteiger partial charge >= 0.3 is 0 Å². The number of ketones is 1. The zero-order chi connectivity index (χ0) is 9.31. The minimum Gasteiger partial charge on any atom is -0.395 e. The van der Waals surface area contributed by atoms with E-state index in [1.807, 2.05) is 30.3 Å². The van der Waals surface area contributed by atoms with Gasteiger partial charge in [0.1, 0.15) is 5.78 Å². The lowest BCUT2D eigenvalue weighted by Crippen LogP contribution is -2.47. The van der Waals surface area contributed by atoms with E-state index in [0.717, 1.165) is 12.0 Å². The standard InChI is InChI=1S/C11H12O2/c12-8-11(7-6-10(11)13)9-4-2-1-3-5-9/h1-5,12H,6-8H2. The lowest BCUT2D eigenvalue weighted by Gasteiger charge is -2.38. The van der Waals surface area contributed by atoms with E-state index in [-0.39, 0.29) is 12.4 Å². The largest absolute Gasteiger partial charge is 0.395 e. The van der Waals surface area contributed by atoms with Crippen molar-refractivity contribution in [2.45, 2.75) is 18.3 Å². The van der Waals surface area contributed by atoms with Gasteiger partial charge in [0.05, 0.1) is 12.0 Å². The molecule has 2 rings (SSSR count). The van der Waals surface area contributed by atoms with Gasteiger partial charge in [-0.3, -0.25) is 4.79 Å². The molecule has 0 aliphatic heterocycles. The summed E-state index contributed by atoms with van der Waals surface area (Å²) in [5, 5.41) is 9.24. The summed E-state index contributed by atoms with van der Waals surface area (Å²) < 4.78 is 0. The van der Waals surface area contributed by atoms with Crippen molar-refractivity contribution >= 4 is 5.78 Å². The van der Waals surface area contributed by atoms with Crippen LogP contribution >= 0.6 is 0 Å². The number of carbonyl (C=O) groups is 1. The monoisotopic (exact) mass is 176 g/mol. The van der Waals surface area contributed by atoms with E-state index < -0.39 is 5.41 Å². The maximum Gasteiger partial charge on any atom is 0.145 e. The number of hydrogen-bond donors (Lipinski definition) is 1. The van der Waals surface area contributed by atoms with Gasteiger partial charge in [-0.1, -0.05) is 30.3 Å². The van der Waals surface area contributed by atoms with Crippen LogP contribution in [0.5, 0.6) is 0 Å². The summed E-state index contributed by atoms with van der Waals surface area (Å²) in [7, 11) is 0. The molecule has 0 aromatic heterocycles. The molecule has 0 bridgehead atoms. The summed E-state index contributed by atoms with van der Waals surface area (Å²) in [4.78, 5) is 11.4.